The summed E-state index contributed by atoms with van der Waals surface area (Å²) in [7, 11) is 0. The zero-order valence-corrected chi connectivity index (χ0v) is 20.1. The summed E-state index contributed by atoms with van der Waals surface area (Å²) in [5.41, 5.74) is 5.77. The van der Waals surface area contributed by atoms with E-state index in [1.807, 2.05) is 5.38 Å². The molecule has 1 amide bonds. The van der Waals surface area contributed by atoms with Gasteiger partial charge < -0.3 is 0 Å². The summed E-state index contributed by atoms with van der Waals surface area (Å²) in [5, 5.41) is 5.78. The summed E-state index contributed by atoms with van der Waals surface area (Å²) in [4.78, 5) is 20.3. The Morgan fingerprint density at radius 2 is 1.97 bits per heavy atom. The highest BCUT2D eigenvalue weighted by Gasteiger charge is 2.31. The van der Waals surface area contributed by atoms with Crippen molar-refractivity contribution in [3.05, 3.63) is 56.1 Å². The van der Waals surface area contributed by atoms with Crippen molar-refractivity contribution >= 4 is 33.7 Å². The van der Waals surface area contributed by atoms with Crippen molar-refractivity contribution in [3.8, 4) is 11.3 Å². The first-order valence-electron chi connectivity index (χ1n) is 10.7. The standard InChI is InChI=1S/C25H30N2OS2/c1-6-16-7-9-17(10-8-16)22-15(2)30-24(26-22)27-23(28)20-14-29-21-13-18(25(3,4)5)11-12-19(20)21/h7-10,14,18H,6,11-13H2,1-5H3,(H,26,27,28). The Hall–Kier alpha value is -1.98. The van der Waals surface area contributed by atoms with E-state index in [1.54, 1.807) is 22.7 Å². The van der Waals surface area contributed by atoms with Crippen LogP contribution in [0.2, 0.25) is 0 Å². The van der Waals surface area contributed by atoms with Crippen LogP contribution in [0.5, 0.6) is 0 Å². The van der Waals surface area contributed by atoms with Gasteiger partial charge in [-0.3, -0.25) is 10.1 Å². The average molecular weight is 439 g/mol. The molecule has 0 fully saturated rings. The Morgan fingerprint density at radius 3 is 2.63 bits per heavy atom. The van der Waals surface area contributed by atoms with Crippen molar-refractivity contribution in [2.75, 3.05) is 5.32 Å². The van der Waals surface area contributed by atoms with Gasteiger partial charge in [-0.25, -0.2) is 4.98 Å². The van der Waals surface area contributed by atoms with Gasteiger partial charge >= 0.3 is 0 Å². The summed E-state index contributed by atoms with van der Waals surface area (Å²) in [6.45, 7) is 11.2. The van der Waals surface area contributed by atoms with Crippen LogP contribution < -0.4 is 5.32 Å². The largest absolute Gasteiger partial charge is 0.298 e. The first kappa shape index (κ1) is 21.3. The van der Waals surface area contributed by atoms with Crippen molar-refractivity contribution in [1.29, 1.82) is 0 Å². The summed E-state index contributed by atoms with van der Waals surface area (Å²) in [5.74, 6) is 0.658. The molecule has 1 unspecified atom stereocenters. The number of carbonyl (C=O) groups excluding carboxylic acids is 1. The van der Waals surface area contributed by atoms with Crippen LogP contribution in [0.4, 0.5) is 5.13 Å². The Balaban J connectivity index is 1.51. The lowest BCUT2D eigenvalue weighted by atomic mass is 9.72. The molecule has 2 aromatic heterocycles. The minimum Gasteiger partial charge on any atom is -0.298 e. The fraction of sp³-hybridized carbons (Fsp3) is 0.440. The quantitative estimate of drug-likeness (QED) is 0.470. The van der Waals surface area contributed by atoms with Gasteiger partial charge in [0.2, 0.25) is 0 Å². The van der Waals surface area contributed by atoms with Crippen LogP contribution in [-0.4, -0.2) is 10.9 Å². The highest BCUT2D eigenvalue weighted by atomic mass is 32.1. The molecule has 0 aliphatic heterocycles. The summed E-state index contributed by atoms with van der Waals surface area (Å²) >= 11 is 3.29. The molecule has 1 aromatic carbocycles. The lowest BCUT2D eigenvalue weighted by Gasteiger charge is -2.34. The molecule has 0 saturated carbocycles. The summed E-state index contributed by atoms with van der Waals surface area (Å²) in [6.07, 6.45) is 4.27. The fourth-order valence-corrected chi connectivity index (χ4v) is 6.21. The maximum absolute atomic E-state index is 13.0. The number of thiazole rings is 1. The van der Waals surface area contributed by atoms with Crippen molar-refractivity contribution in [2.24, 2.45) is 11.3 Å². The third-order valence-electron chi connectivity index (χ3n) is 6.28. The monoisotopic (exact) mass is 438 g/mol. The molecule has 30 heavy (non-hydrogen) atoms. The SMILES string of the molecule is CCc1ccc(-c2nc(NC(=O)c3csc4c3CCC(C(C)(C)C)C4)sc2C)cc1. The van der Waals surface area contributed by atoms with E-state index in [4.69, 9.17) is 4.98 Å². The number of nitrogens with one attached hydrogen (secondary N) is 1. The van der Waals surface area contributed by atoms with E-state index < -0.39 is 0 Å². The molecule has 0 radical (unpaired) electrons. The second kappa shape index (κ2) is 8.27. The molecule has 0 saturated heterocycles. The third kappa shape index (κ3) is 4.23. The first-order valence-corrected chi connectivity index (χ1v) is 12.4. The van der Waals surface area contributed by atoms with E-state index in [1.165, 1.54) is 16.0 Å². The molecule has 1 aliphatic rings. The van der Waals surface area contributed by atoms with Gasteiger partial charge in [-0.15, -0.1) is 22.7 Å². The van der Waals surface area contributed by atoms with Crippen LogP contribution in [0.25, 0.3) is 11.3 Å². The van der Waals surface area contributed by atoms with E-state index in [2.05, 4.69) is 64.2 Å². The predicted molar refractivity (Wildman–Crippen MR) is 129 cm³/mol. The molecule has 1 N–H and O–H groups in total. The highest BCUT2D eigenvalue weighted by molar-refractivity contribution is 7.16. The molecular formula is C25H30N2OS2. The van der Waals surface area contributed by atoms with E-state index in [-0.39, 0.29) is 5.91 Å². The molecular weight excluding hydrogens is 408 g/mol. The number of hydrogen-bond acceptors (Lipinski definition) is 4. The molecule has 5 heteroatoms. The average Bonchev–Trinajstić information content (AvgIpc) is 3.30. The topological polar surface area (TPSA) is 42.0 Å². The molecule has 1 aliphatic carbocycles. The second-order valence-electron chi connectivity index (χ2n) is 9.29. The lowest BCUT2D eigenvalue weighted by Crippen LogP contribution is -2.27. The first-order chi connectivity index (χ1) is 14.3. The zero-order chi connectivity index (χ0) is 21.5. The lowest BCUT2D eigenvalue weighted by molar-refractivity contribution is 0.102. The van der Waals surface area contributed by atoms with E-state index >= 15 is 0 Å². The molecule has 0 spiro atoms. The number of amides is 1. The second-order valence-corrected chi connectivity index (χ2v) is 11.5. The third-order valence-corrected chi connectivity index (χ3v) is 8.21. The molecule has 3 nitrogen and oxygen atoms in total. The van der Waals surface area contributed by atoms with Crippen LogP contribution in [0.1, 0.15) is 65.4 Å². The number of benzene rings is 1. The summed E-state index contributed by atoms with van der Waals surface area (Å²) in [6, 6.07) is 8.53. The Morgan fingerprint density at radius 1 is 1.23 bits per heavy atom. The number of anilines is 1. The number of rotatable bonds is 4. The normalized spacial score (nSPS) is 16.4. The van der Waals surface area contributed by atoms with Gasteiger partial charge in [-0.05, 0) is 55.1 Å². The number of thiophene rings is 1. The molecule has 0 bridgehead atoms. The number of aromatic nitrogens is 1. The maximum Gasteiger partial charge on any atom is 0.258 e. The number of fused-ring (bicyclic) bond motifs is 1. The van der Waals surface area contributed by atoms with Gasteiger partial charge in [0.1, 0.15) is 0 Å². The van der Waals surface area contributed by atoms with Crippen LogP contribution in [0.15, 0.2) is 29.6 Å². The molecule has 158 valence electrons. The minimum atomic E-state index is -0.0247. The molecule has 1 atom stereocenters. The Kier molecular flexibility index (Phi) is 5.86. The highest BCUT2D eigenvalue weighted by Crippen LogP contribution is 2.41. The van der Waals surface area contributed by atoms with Crippen molar-refractivity contribution in [2.45, 2.75) is 60.3 Å². The zero-order valence-electron chi connectivity index (χ0n) is 18.5. The van der Waals surface area contributed by atoms with Gasteiger partial charge in [0.15, 0.2) is 5.13 Å². The van der Waals surface area contributed by atoms with Gasteiger partial charge in [0.25, 0.3) is 5.91 Å². The molecule has 2 heterocycles. The van der Waals surface area contributed by atoms with Crippen molar-refractivity contribution in [1.82, 2.24) is 4.98 Å². The van der Waals surface area contributed by atoms with Crippen molar-refractivity contribution < 1.29 is 4.79 Å². The Labute approximate surface area is 187 Å². The molecule has 4 rings (SSSR count). The van der Waals surface area contributed by atoms with Gasteiger partial charge in [0, 0.05) is 20.7 Å². The van der Waals surface area contributed by atoms with Gasteiger partial charge in [-0.1, -0.05) is 52.0 Å². The Bertz CT molecular complexity index is 1050. The van der Waals surface area contributed by atoms with E-state index in [0.717, 1.165) is 47.4 Å². The van der Waals surface area contributed by atoms with Gasteiger partial charge in [-0.2, -0.15) is 0 Å². The number of hydrogen-bond donors (Lipinski definition) is 1. The van der Waals surface area contributed by atoms with Crippen LogP contribution in [0, 0.1) is 18.3 Å². The van der Waals surface area contributed by atoms with E-state index in [9.17, 15) is 4.79 Å². The number of carbonyl (C=O) groups is 1. The smallest absolute Gasteiger partial charge is 0.258 e. The van der Waals surface area contributed by atoms with E-state index in [0.29, 0.717) is 16.5 Å². The predicted octanol–water partition coefficient (Wildman–Crippen LogP) is 7.15. The van der Waals surface area contributed by atoms with Crippen LogP contribution >= 0.6 is 22.7 Å². The van der Waals surface area contributed by atoms with Gasteiger partial charge in [0.05, 0.1) is 11.3 Å². The maximum atomic E-state index is 13.0. The number of nitrogens with zero attached hydrogens (tertiary/aromatic N) is 1. The number of aryl methyl sites for hydroxylation is 2. The summed E-state index contributed by atoms with van der Waals surface area (Å²) < 4.78 is 0. The van der Waals surface area contributed by atoms with Crippen LogP contribution in [0.3, 0.4) is 0 Å². The van der Waals surface area contributed by atoms with Crippen molar-refractivity contribution in [3.63, 3.8) is 0 Å². The van der Waals surface area contributed by atoms with Crippen LogP contribution in [-0.2, 0) is 19.3 Å². The minimum absolute atomic E-state index is 0.0247. The molecule has 3 aromatic rings. The fourth-order valence-electron chi connectivity index (χ4n) is 4.22.